The number of hydrogen-bond donors (Lipinski definition) is 2. The van der Waals surface area contributed by atoms with Crippen LogP contribution in [-0.4, -0.2) is 19.7 Å². The smallest absolute Gasteiger partial charge is 0.120 e. The molecule has 0 spiro atoms. The maximum atomic E-state index is 4.28. The van der Waals surface area contributed by atoms with Gasteiger partial charge in [-0.05, 0) is 6.92 Å². The van der Waals surface area contributed by atoms with Crippen LogP contribution in [0.4, 0.5) is 0 Å². The lowest BCUT2D eigenvalue weighted by Crippen LogP contribution is -2.13. The molecule has 0 radical (unpaired) electrons. The van der Waals surface area contributed by atoms with Crippen molar-refractivity contribution in [3.05, 3.63) is 35.7 Å². The quantitative estimate of drug-likeness (QED) is 0.774. The van der Waals surface area contributed by atoms with Gasteiger partial charge in [0.05, 0.1) is 12.2 Å². The number of nitrogens with zero attached hydrogens (tertiary/aromatic N) is 3. The Morgan fingerprint density at radius 1 is 1.47 bits per heavy atom. The van der Waals surface area contributed by atoms with Crippen molar-refractivity contribution in [2.45, 2.75) is 20.0 Å². The highest BCUT2D eigenvalue weighted by molar-refractivity contribution is 5.14. The predicted octanol–water partition coefficient (Wildman–Crippen LogP) is 0.741. The lowest BCUT2D eigenvalue weighted by Gasteiger charge is -2.00. The largest absolute Gasteiger partial charge is 0.348 e. The predicted molar refractivity (Wildman–Crippen MR) is 57.1 cm³/mol. The highest BCUT2D eigenvalue weighted by atomic mass is 15.2. The van der Waals surface area contributed by atoms with Gasteiger partial charge in [0, 0.05) is 37.7 Å². The normalized spacial score (nSPS) is 10.8. The second-order valence-corrected chi connectivity index (χ2v) is 3.55. The summed E-state index contributed by atoms with van der Waals surface area (Å²) in [5.74, 6) is 0.955. The number of aryl methyl sites for hydroxylation is 2. The van der Waals surface area contributed by atoms with E-state index in [-0.39, 0.29) is 0 Å². The minimum atomic E-state index is 0.751. The summed E-state index contributed by atoms with van der Waals surface area (Å²) in [4.78, 5) is 7.18. The molecule has 0 aliphatic rings. The molecule has 2 aromatic heterocycles. The molecule has 5 nitrogen and oxygen atoms in total. The highest BCUT2D eigenvalue weighted by Gasteiger charge is 2.02. The molecule has 2 rings (SSSR count). The summed E-state index contributed by atoms with van der Waals surface area (Å²) in [5, 5.41) is 7.59. The summed E-state index contributed by atoms with van der Waals surface area (Å²) in [6.45, 7) is 3.59. The van der Waals surface area contributed by atoms with Gasteiger partial charge in [0.15, 0.2) is 0 Å². The van der Waals surface area contributed by atoms with E-state index in [0.29, 0.717) is 0 Å². The number of nitrogens with one attached hydrogen (secondary N) is 2. The Morgan fingerprint density at radius 3 is 2.93 bits per heavy atom. The standard InChI is InChI=1S/C10H15N5/c1-8-9(7-15(2)14-8)5-11-6-10-12-3-4-13-10/h3-4,7,11H,5-6H2,1-2H3,(H,12,13). The molecule has 0 amide bonds. The molecular weight excluding hydrogens is 190 g/mol. The molecule has 0 bridgehead atoms. The number of hydrogen-bond acceptors (Lipinski definition) is 3. The molecule has 2 aromatic rings. The van der Waals surface area contributed by atoms with Crippen LogP contribution in [0.25, 0.3) is 0 Å². The monoisotopic (exact) mass is 205 g/mol. The topological polar surface area (TPSA) is 58.5 Å². The van der Waals surface area contributed by atoms with Crippen molar-refractivity contribution in [3.8, 4) is 0 Å². The first-order valence-corrected chi connectivity index (χ1v) is 4.94. The number of imidazole rings is 1. The molecule has 15 heavy (non-hydrogen) atoms. The molecule has 2 heterocycles. The van der Waals surface area contributed by atoms with Gasteiger partial charge >= 0.3 is 0 Å². The van der Waals surface area contributed by atoms with Crippen molar-refractivity contribution < 1.29 is 0 Å². The van der Waals surface area contributed by atoms with Gasteiger partial charge < -0.3 is 10.3 Å². The fraction of sp³-hybridized carbons (Fsp3) is 0.400. The van der Waals surface area contributed by atoms with E-state index in [1.54, 1.807) is 6.20 Å². The maximum absolute atomic E-state index is 4.28. The first-order chi connectivity index (χ1) is 7.25. The summed E-state index contributed by atoms with van der Waals surface area (Å²) < 4.78 is 1.83. The van der Waals surface area contributed by atoms with Crippen LogP contribution in [0.3, 0.4) is 0 Å². The van der Waals surface area contributed by atoms with Gasteiger partial charge in [0.2, 0.25) is 0 Å². The van der Waals surface area contributed by atoms with Crippen LogP contribution in [0.5, 0.6) is 0 Å². The molecule has 0 fully saturated rings. The highest BCUT2D eigenvalue weighted by Crippen LogP contribution is 2.03. The van der Waals surface area contributed by atoms with E-state index >= 15 is 0 Å². The van der Waals surface area contributed by atoms with Crippen LogP contribution in [-0.2, 0) is 20.1 Å². The van der Waals surface area contributed by atoms with E-state index in [0.717, 1.165) is 24.6 Å². The van der Waals surface area contributed by atoms with Crippen LogP contribution in [0.1, 0.15) is 17.1 Å². The average Bonchev–Trinajstić information content (AvgIpc) is 2.77. The molecule has 0 atom stereocenters. The van der Waals surface area contributed by atoms with Crippen LogP contribution in [0.15, 0.2) is 18.6 Å². The zero-order valence-corrected chi connectivity index (χ0v) is 8.99. The van der Waals surface area contributed by atoms with Crippen LogP contribution < -0.4 is 5.32 Å². The lowest BCUT2D eigenvalue weighted by molar-refractivity contribution is 0.666. The van der Waals surface area contributed by atoms with Crippen LogP contribution >= 0.6 is 0 Å². The summed E-state index contributed by atoms with van der Waals surface area (Å²) >= 11 is 0. The molecule has 0 aromatic carbocycles. The van der Waals surface area contributed by atoms with Crippen molar-refractivity contribution in [3.63, 3.8) is 0 Å². The van der Waals surface area contributed by atoms with Crippen molar-refractivity contribution in [1.82, 2.24) is 25.1 Å². The van der Waals surface area contributed by atoms with Crippen molar-refractivity contribution >= 4 is 0 Å². The fourth-order valence-corrected chi connectivity index (χ4v) is 1.53. The van der Waals surface area contributed by atoms with Gasteiger partial charge in [-0.1, -0.05) is 0 Å². The fourth-order valence-electron chi connectivity index (χ4n) is 1.53. The van der Waals surface area contributed by atoms with Crippen molar-refractivity contribution in [2.24, 2.45) is 7.05 Å². The molecular formula is C10H15N5. The van der Waals surface area contributed by atoms with Crippen molar-refractivity contribution in [1.29, 1.82) is 0 Å². The Bertz CT molecular complexity index is 415. The summed E-state index contributed by atoms with van der Waals surface area (Å²) in [6.07, 6.45) is 5.61. The Balaban J connectivity index is 1.86. The van der Waals surface area contributed by atoms with Crippen LogP contribution in [0, 0.1) is 6.92 Å². The lowest BCUT2D eigenvalue weighted by atomic mass is 10.2. The SMILES string of the molecule is Cc1nn(C)cc1CNCc1ncc[nH]1. The Hall–Kier alpha value is -1.62. The van der Waals surface area contributed by atoms with E-state index in [1.165, 1.54) is 5.56 Å². The Morgan fingerprint density at radius 2 is 2.33 bits per heavy atom. The van der Waals surface area contributed by atoms with E-state index in [1.807, 2.05) is 31.0 Å². The van der Waals surface area contributed by atoms with Gasteiger partial charge in [-0.2, -0.15) is 5.10 Å². The minimum absolute atomic E-state index is 0.751. The zero-order chi connectivity index (χ0) is 10.7. The third kappa shape index (κ3) is 2.44. The van der Waals surface area contributed by atoms with Crippen LogP contribution in [0.2, 0.25) is 0 Å². The van der Waals surface area contributed by atoms with Gasteiger partial charge in [-0.25, -0.2) is 4.98 Å². The molecule has 5 heteroatoms. The molecule has 0 saturated carbocycles. The second kappa shape index (κ2) is 4.27. The van der Waals surface area contributed by atoms with E-state index < -0.39 is 0 Å². The average molecular weight is 205 g/mol. The van der Waals surface area contributed by atoms with Gasteiger partial charge in [0.25, 0.3) is 0 Å². The molecule has 0 saturated heterocycles. The molecule has 0 aliphatic heterocycles. The second-order valence-electron chi connectivity index (χ2n) is 3.55. The molecule has 0 aliphatic carbocycles. The van der Waals surface area contributed by atoms with Gasteiger partial charge in [0.1, 0.15) is 5.82 Å². The minimum Gasteiger partial charge on any atom is -0.348 e. The zero-order valence-electron chi connectivity index (χ0n) is 8.99. The summed E-state index contributed by atoms with van der Waals surface area (Å²) in [7, 11) is 1.93. The summed E-state index contributed by atoms with van der Waals surface area (Å²) in [6, 6.07) is 0. The molecule has 2 N–H and O–H groups in total. The number of rotatable bonds is 4. The Labute approximate surface area is 88.5 Å². The third-order valence-corrected chi connectivity index (χ3v) is 2.28. The van der Waals surface area contributed by atoms with E-state index in [9.17, 15) is 0 Å². The van der Waals surface area contributed by atoms with Gasteiger partial charge in [-0.3, -0.25) is 4.68 Å². The number of aromatic amines is 1. The third-order valence-electron chi connectivity index (χ3n) is 2.28. The maximum Gasteiger partial charge on any atom is 0.120 e. The molecule has 80 valence electrons. The number of H-pyrrole nitrogens is 1. The van der Waals surface area contributed by atoms with Crippen molar-refractivity contribution in [2.75, 3.05) is 0 Å². The summed E-state index contributed by atoms with van der Waals surface area (Å²) in [5.41, 5.74) is 2.30. The first-order valence-electron chi connectivity index (χ1n) is 4.94. The molecule has 0 unspecified atom stereocenters. The first kappa shape index (κ1) is 9.92. The van der Waals surface area contributed by atoms with Gasteiger partial charge in [-0.15, -0.1) is 0 Å². The van der Waals surface area contributed by atoms with E-state index in [4.69, 9.17) is 0 Å². The Kier molecular flexibility index (Phi) is 2.82. The number of aromatic nitrogens is 4. The van der Waals surface area contributed by atoms with E-state index in [2.05, 4.69) is 20.4 Å².